The van der Waals surface area contributed by atoms with Crippen molar-refractivity contribution >= 4 is 16.9 Å². The molecule has 1 fully saturated rings. The molecule has 1 saturated heterocycles. The van der Waals surface area contributed by atoms with E-state index in [0.717, 1.165) is 54.1 Å². The van der Waals surface area contributed by atoms with Gasteiger partial charge in [-0.05, 0) is 63.3 Å². The largest absolute Gasteiger partial charge is 0.497 e. The van der Waals surface area contributed by atoms with Crippen molar-refractivity contribution in [2.45, 2.75) is 45.6 Å². The van der Waals surface area contributed by atoms with Gasteiger partial charge in [0.25, 0.3) is 0 Å². The fourth-order valence-corrected chi connectivity index (χ4v) is 4.74. The highest BCUT2D eigenvalue weighted by Crippen LogP contribution is 2.34. The standard InChI is InChI=1S/C23H31N5O2/c1-14(22-15(2)26-27(4)16(22)3)25-23(29)28-10-8-17(9-11-28)20-13-24-21-7-6-18(30-5)12-19(20)21/h6-7,12-14,17,24H,8-11H2,1-5H3,(H,25,29)/t14-/m1/s1. The first kappa shape index (κ1) is 20.3. The minimum atomic E-state index is -0.0648. The van der Waals surface area contributed by atoms with Crippen molar-refractivity contribution in [1.82, 2.24) is 25.0 Å². The predicted octanol–water partition coefficient (Wildman–Crippen LogP) is 4.18. The number of nitrogens with one attached hydrogen (secondary N) is 2. The van der Waals surface area contributed by atoms with Crippen LogP contribution in [0.15, 0.2) is 24.4 Å². The van der Waals surface area contributed by atoms with Gasteiger partial charge in [0.05, 0.1) is 18.8 Å². The number of carbonyl (C=O) groups is 1. The molecule has 3 aromatic rings. The topological polar surface area (TPSA) is 75.2 Å². The van der Waals surface area contributed by atoms with E-state index in [-0.39, 0.29) is 12.1 Å². The molecule has 0 aliphatic carbocycles. The first-order valence-corrected chi connectivity index (χ1v) is 10.6. The maximum Gasteiger partial charge on any atom is 0.317 e. The van der Waals surface area contributed by atoms with Gasteiger partial charge in [-0.1, -0.05) is 0 Å². The summed E-state index contributed by atoms with van der Waals surface area (Å²) < 4.78 is 7.26. The molecule has 2 aromatic heterocycles. The molecule has 7 nitrogen and oxygen atoms in total. The van der Waals surface area contributed by atoms with Crippen LogP contribution in [-0.2, 0) is 7.05 Å². The minimum absolute atomic E-state index is 0.00389. The molecule has 30 heavy (non-hydrogen) atoms. The Labute approximate surface area is 177 Å². The summed E-state index contributed by atoms with van der Waals surface area (Å²) in [4.78, 5) is 18.2. The second kappa shape index (κ2) is 8.05. The van der Waals surface area contributed by atoms with Crippen LogP contribution < -0.4 is 10.1 Å². The minimum Gasteiger partial charge on any atom is -0.497 e. The average molecular weight is 410 g/mol. The number of methoxy groups -OCH3 is 1. The number of piperidine rings is 1. The van der Waals surface area contributed by atoms with Crippen molar-refractivity contribution in [2.24, 2.45) is 7.05 Å². The van der Waals surface area contributed by atoms with Gasteiger partial charge in [0.15, 0.2) is 0 Å². The lowest BCUT2D eigenvalue weighted by atomic mass is 9.89. The number of amides is 2. The molecular formula is C23H31N5O2. The third-order valence-electron chi connectivity index (χ3n) is 6.48. The van der Waals surface area contributed by atoms with Crippen molar-refractivity contribution in [3.63, 3.8) is 0 Å². The van der Waals surface area contributed by atoms with Gasteiger partial charge in [0.1, 0.15) is 5.75 Å². The van der Waals surface area contributed by atoms with Crippen LogP contribution in [0.5, 0.6) is 5.75 Å². The molecular weight excluding hydrogens is 378 g/mol. The summed E-state index contributed by atoms with van der Waals surface area (Å²) in [6.07, 6.45) is 4.02. The maximum absolute atomic E-state index is 12.9. The molecule has 1 atom stereocenters. The quantitative estimate of drug-likeness (QED) is 0.679. The Hall–Kier alpha value is -2.96. The fraction of sp³-hybridized carbons (Fsp3) is 0.478. The van der Waals surface area contributed by atoms with Crippen molar-refractivity contribution in [1.29, 1.82) is 0 Å². The van der Waals surface area contributed by atoms with Crippen LogP contribution in [0.1, 0.15) is 54.2 Å². The molecule has 1 aliphatic heterocycles. The van der Waals surface area contributed by atoms with E-state index < -0.39 is 0 Å². The zero-order valence-corrected chi connectivity index (χ0v) is 18.5. The van der Waals surface area contributed by atoms with Crippen LogP contribution in [-0.4, -0.2) is 45.9 Å². The number of fused-ring (bicyclic) bond motifs is 1. The summed E-state index contributed by atoms with van der Waals surface area (Å²) in [6, 6.07) is 6.07. The van der Waals surface area contributed by atoms with Crippen LogP contribution in [0.2, 0.25) is 0 Å². The number of benzene rings is 1. The van der Waals surface area contributed by atoms with Gasteiger partial charge in [-0.3, -0.25) is 4.68 Å². The highest BCUT2D eigenvalue weighted by Gasteiger charge is 2.27. The summed E-state index contributed by atoms with van der Waals surface area (Å²) >= 11 is 0. The number of ether oxygens (including phenoxy) is 1. The van der Waals surface area contributed by atoms with Crippen LogP contribution >= 0.6 is 0 Å². The zero-order chi connectivity index (χ0) is 21.4. The van der Waals surface area contributed by atoms with Gasteiger partial charge in [0.2, 0.25) is 0 Å². The van der Waals surface area contributed by atoms with Crippen LogP contribution in [0.25, 0.3) is 10.9 Å². The summed E-state index contributed by atoms with van der Waals surface area (Å²) in [5.74, 6) is 1.31. The summed E-state index contributed by atoms with van der Waals surface area (Å²) in [6.45, 7) is 7.57. The van der Waals surface area contributed by atoms with E-state index in [1.165, 1.54) is 10.9 Å². The third-order valence-corrected chi connectivity index (χ3v) is 6.48. The first-order chi connectivity index (χ1) is 14.4. The Bertz CT molecular complexity index is 1060. The number of hydrogen-bond acceptors (Lipinski definition) is 3. The Morgan fingerprint density at radius 1 is 1.30 bits per heavy atom. The number of carbonyl (C=O) groups excluding carboxylic acids is 1. The van der Waals surface area contributed by atoms with E-state index in [2.05, 4.69) is 33.7 Å². The number of rotatable bonds is 4. The van der Waals surface area contributed by atoms with Crippen molar-refractivity contribution < 1.29 is 9.53 Å². The van der Waals surface area contributed by atoms with Gasteiger partial charge in [-0.15, -0.1) is 0 Å². The second-order valence-electron chi connectivity index (χ2n) is 8.30. The number of aromatic nitrogens is 3. The van der Waals surface area contributed by atoms with Crippen molar-refractivity contribution in [3.05, 3.63) is 46.9 Å². The number of aromatic amines is 1. The SMILES string of the molecule is COc1ccc2[nH]cc(C3CCN(C(=O)N[C@H](C)c4c(C)nn(C)c4C)CC3)c2c1. The van der Waals surface area contributed by atoms with Crippen LogP contribution in [0, 0.1) is 13.8 Å². The number of urea groups is 1. The van der Waals surface area contributed by atoms with Crippen LogP contribution in [0.4, 0.5) is 4.79 Å². The third kappa shape index (κ3) is 3.64. The number of likely N-dealkylation sites (tertiary alicyclic amines) is 1. The normalized spacial score (nSPS) is 16.1. The Kier molecular flexibility index (Phi) is 5.45. The highest BCUT2D eigenvalue weighted by atomic mass is 16.5. The molecule has 0 spiro atoms. The second-order valence-corrected chi connectivity index (χ2v) is 8.30. The average Bonchev–Trinajstić information content (AvgIpc) is 3.27. The number of H-pyrrole nitrogens is 1. The molecule has 0 radical (unpaired) electrons. The molecule has 7 heteroatoms. The van der Waals surface area contributed by atoms with Gasteiger partial charge >= 0.3 is 6.03 Å². The summed E-state index contributed by atoms with van der Waals surface area (Å²) in [5, 5.41) is 8.85. The molecule has 160 valence electrons. The Morgan fingerprint density at radius 2 is 2.03 bits per heavy atom. The first-order valence-electron chi connectivity index (χ1n) is 10.6. The van der Waals surface area contributed by atoms with E-state index in [9.17, 15) is 4.79 Å². The van der Waals surface area contributed by atoms with Crippen LogP contribution in [0.3, 0.4) is 0 Å². The van der Waals surface area contributed by atoms with Gasteiger partial charge < -0.3 is 19.9 Å². The van der Waals surface area contributed by atoms with E-state index in [1.807, 2.05) is 43.5 Å². The molecule has 1 aliphatic rings. The Balaban J connectivity index is 1.40. The molecule has 3 heterocycles. The molecule has 4 rings (SSSR count). The summed E-state index contributed by atoms with van der Waals surface area (Å²) in [5.41, 5.74) is 5.61. The van der Waals surface area contributed by atoms with E-state index in [4.69, 9.17) is 4.74 Å². The van der Waals surface area contributed by atoms with Gasteiger partial charge in [-0.25, -0.2) is 4.79 Å². The van der Waals surface area contributed by atoms with E-state index in [0.29, 0.717) is 5.92 Å². The molecule has 0 unspecified atom stereocenters. The number of hydrogen-bond donors (Lipinski definition) is 2. The summed E-state index contributed by atoms with van der Waals surface area (Å²) in [7, 11) is 3.63. The highest BCUT2D eigenvalue weighted by molar-refractivity contribution is 5.85. The fourth-order valence-electron chi connectivity index (χ4n) is 4.74. The van der Waals surface area contributed by atoms with Crippen molar-refractivity contribution in [2.75, 3.05) is 20.2 Å². The molecule has 2 amide bonds. The maximum atomic E-state index is 12.9. The Morgan fingerprint density at radius 3 is 2.67 bits per heavy atom. The zero-order valence-electron chi connectivity index (χ0n) is 18.5. The molecule has 1 aromatic carbocycles. The van der Waals surface area contributed by atoms with E-state index >= 15 is 0 Å². The van der Waals surface area contributed by atoms with E-state index in [1.54, 1.807) is 7.11 Å². The monoisotopic (exact) mass is 409 g/mol. The van der Waals surface area contributed by atoms with Gasteiger partial charge in [0, 0.05) is 48.5 Å². The lowest BCUT2D eigenvalue weighted by Crippen LogP contribution is -2.45. The lowest BCUT2D eigenvalue weighted by molar-refractivity contribution is 0.178. The number of nitrogens with zero attached hydrogens (tertiary/aromatic N) is 3. The molecule has 0 bridgehead atoms. The smallest absolute Gasteiger partial charge is 0.317 e. The number of aryl methyl sites for hydroxylation is 2. The van der Waals surface area contributed by atoms with Crippen molar-refractivity contribution in [3.8, 4) is 5.75 Å². The van der Waals surface area contributed by atoms with Gasteiger partial charge in [-0.2, -0.15) is 5.10 Å². The molecule has 2 N–H and O–H groups in total. The lowest BCUT2D eigenvalue weighted by Gasteiger charge is -2.33. The predicted molar refractivity (Wildman–Crippen MR) is 118 cm³/mol. The molecule has 0 saturated carbocycles.